The van der Waals surface area contributed by atoms with Crippen LogP contribution in [-0.2, 0) is 15.1 Å². The van der Waals surface area contributed by atoms with E-state index in [9.17, 15) is 4.79 Å². The van der Waals surface area contributed by atoms with Gasteiger partial charge >= 0.3 is 5.97 Å². The van der Waals surface area contributed by atoms with E-state index in [0.29, 0.717) is 5.75 Å². The number of para-hydroxylation sites is 1. The number of carbonyl (C=O) groups is 1. The molecule has 136 valence electrons. The Labute approximate surface area is 158 Å². The van der Waals surface area contributed by atoms with Crippen molar-refractivity contribution in [3.8, 4) is 11.5 Å². The zero-order chi connectivity index (χ0) is 18.9. The molecule has 0 N–H and O–H groups in total. The topological polar surface area (TPSA) is 48.1 Å². The van der Waals surface area contributed by atoms with Gasteiger partial charge in [0.1, 0.15) is 11.5 Å². The van der Waals surface area contributed by atoms with Crippen molar-refractivity contribution in [2.75, 3.05) is 7.11 Å². The fourth-order valence-corrected chi connectivity index (χ4v) is 3.27. The summed E-state index contributed by atoms with van der Waals surface area (Å²) >= 11 is 0. The summed E-state index contributed by atoms with van der Waals surface area (Å²) in [6, 6.07) is 24.6. The van der Waals surface area contributed by atoms with Gasteiger partial charge in [-0.3, -0.25) is 0 Å². The summed E-state index contributed by atoms with van der Waals surface area (Å²) in [6.07, 6.45) is -0.700. The number of aryl methyl sites for hydroxylation is 1. The maximum absolute atomic E-state index is 12.8. The summed E-state index contributed by atoms with van der Waals surface area (Å²) in [6.45, 7) is 2.03. The molecule has 1 heterocycles. The number of carbonyl (C=O) groups excluding carboxylic acids is 1. The van der Waals surface area contributed by atoms with Crippen LogP contribution in [0.2, 0.25) is 0 Å². The first kappa shape index (κ1) is 17.3. The lowest BCUT2D eigenvalue weighted by molar-refractivity contribution is -0.135. The average Bonchev–Trinajstić information content (AvgIpc) is 3.46. The monoisotopic (exact) mass is 360 g/mol. The summed E-state index contributed by atoms with van der Waals surface area (Å²) in [4.78, 5) is 12.8. The Morgan fingerprint density at radius 3 is 2.04 bits per heavy atom. The molecule has 1 saturated heterocycles. The molecule has 0 aromatic heterocycles. The van der Waals surface area contributed by atoms with Crippen LogP contribution in [0.25, 0.3) is 0 Å². The number of benzene rings is 3. The van der Waals surface area contributed by atoms with Gasteiger partial charge in [-0.1, -0.05) is 60.2 Å². The van der Waals surface area contributed by atoms with Crippen molar-refractivity contribution >= 4 is 5.97 Å². The van der Waals surface area contributed by atoms with E-state index in [4.69, 9.17) is 14.2 Å². The Hall–Kier alpha value is -3.11. The van der Waals surface area contributed by atoms with Gasteiger partial charge in [-0.2, -0.15) is 0 Å². The highest BCUT2D eigenvalue weighted by Crippen LogP contribution is 2.52. The van der Waals surface area contributed by atoms with Gasteiger partial charge in [0.2, 0.25) is 0 Å². The predicted octanol–water partition coefficient (Wildman–Crippen LogP) is 4.25. The first-order valence-corrected chi connectivity index (χ1v) is 8.80. The smallest absolute Gasteiger partial charge is 0.344 e. The van der Waals surface area contributed by atoms with Gasteiger partial charge in [-0.25, -0.2) is 4.79 Å². The second-order valence-electron chi connectivity index (χ2n) is 6.56. The van der Waals surface area contributed by atoms with Crippen LogP contribution in [0, 0.1) is 6.92 Å². The van der Waals surface area contributed by atoms with Gasteiger partial charge in [0, 0.05) is 0 Å². The number of ether oxygens (including phenoxy) is 3. The molecule has 27 heavy (non-hydrogen) atoms. The number of hydrogen-bond acceptors (Lipinski definition) is 4. The molecule has 4 heteroatoms. The fraction of sp³-hybridized carbons (Fsp3) is 0.174. The maximum atomic E-state index is 12.8. The van der Waals surface area contributed by atoms with Crippen LogP contribution in [0.15, 0.2) is 78.9 Å². The number of epoxide rings is 1. The number of methoxy groups -OCH3 is 1. The zero-order valence-electron chi connectivity index (χ0n) is 15.2. The van der Waals surface area contributed by atoms with E-state index in [1.807, 2.05) is 73.7 Å². The SMILES string of the molecule is COc1ccc(C2(c3ccc(C)cc3)OC2C(=O)Oc2ccccc2)cc1. The Morgan fingerprint density at radius 1 is 0.852 bits per heavy atom. The normalized spacial score (nSPS) is 20.7. The second-order valence-corrected chi connectivity index (χ2v) is 6.56. The lowest BCUT2D eigenvalue weighted by Gasteiger charge is -2.15. The minimum Gasteiger partial charge on any atom is -0.497 e. The largest absolute Gasteiger partial charge is 0.497 e. The van der Waals surface area contributed by atoms with E-state index < -0.39 is 17.7 Å². The molecule has 2 unspecified atom stereocenters. The average molecular weight is 360 g/mol. The molecule has 0 bridgehead atoms. The Kier molecular flexibility index (Phi) is 4.42. The van der Waals surface area contributed by atoms with Crippen molar-refractivity contribution < 1.29 is 19.0 Å². The first-order chi connectivity index (χ1) is 13.1. The number of hydrogen-bond donors (Lipinski definition) is 0. The molecule has 0 saturated carbocycles. The van der Waals surface area contributed by atoms with Crippen LogP contribution in [-0.4, -0.2) is 19.2 Å². The molecule has 1 aliphatic rings. The molecular formula is C23H20O4. The first-order valence-electron chi connectivity index (χ1n) is 8.80. The minimum absolute atomic E-state index is 0.405. The van der Waals surface area contributed by atoms with E-state index in [0.717, 1.165) is 22.4 Å². The molecule has 0 spiro atoms. The summed E-state index contributed by atoms with van der Waals surface area (Å²) in [5, 5.41) is 0. The predicted molar refractivity (Wildman–Crippen MR) is 102 cm³/mol. The summed E-state index contributed by atoms with van der Waals surface area (Å²) < 4.78 is 16.8. The van der Waals surface area contributed by atoms with Gasteiger partial charge in [0.25, 0.3) is 0 Å². The molecule has 4 nitrogen and oxygen atoms in total. The summed E-state index contributed by atoms with van der Waals surface area (Å²) in [7, 11) is 1.62. The maximum Gasteiger partial charge on any atom is 0.344 e. The molecule has 1 aliphatic heterocycles. The van der Waals surface area contributed by atoms with Gasteiger partial charge < -0.3 is 14.2 Å². The van der Waals surface area contributed by atoms with Gasteiger partial charge in [0.15, 0.2) is 11.7 Å². The molecule has 4 rings (SSSR count). The van der Waals surface area contributed by atoms with Crippen molar-refractivity contribution in [3.63, 3.8) is 0 Å². The highest BCUT2D eigenvalue weighted by Gasteiger charge is 2.64. The van der Waals surface area contributed by atoms with Gasteiger partial charge in [0.05, 0.1) is 7.11 Å². The van der Waals surface area contributed by atoms with Crippen molar-refractivity contribution in [2.24, 2.45) is 0 Å². The number of esters is 1. The molecule has 1 fully saturated rings. The van der Waals surface area contributed by atoms with Crippen molar-refractivity contribution in [1.29, 1.82) is 0 Å². The Morgan fingerprint density at radius 2 is 1.44 bits per heavy atom. The summed E-state index contributed by atoms with van der Waals surface area (Å²) in [5.74, 6) is 0.852. The lowest BCUT2D eigenvalue weighted by atomic mass is 9.87. The molecular weight excluding hydrogens is 340 g/mol. The van der Waals surface area contributed by atoms with Crippen molar-refractivity contribution in [1.82, 2.24) is 0 Å². The third-order valence-electron chi connectivity index (χ3n) is 4.79. The van der Waals surface area contributed by atoms with Crippen LogP contribution in [0.1, 0.15) is 16.7 Å². The van der Waals surface area contributed by atoms with E-state index in [2.05, 4.69) is 0 Å². The quantitative estimate of drug-likeness (QED) is 0.388. The molecule has 0 amide bonds. The summed E-state index contributed by atoms with van der Waals surface area (Å²) in [5.41, 5.74) is 2.12. The molecule has 0 aliphatic carbocycles. The third kappa shape index (κ3) is 3.20. The molecule has 3 aromatic carbocycles. The van der Waals surface area contributed by atoms with Crippen LogP contribution in [0.5, 0.6) is 11.5 Å². The van der Waals surface area contributed by atoms with E-state index in [-0.39, 0.29) is 0 Å². The lowest BCUT2D eigenvalue weighted by Crippen LogP contribution is -2.24. The molecule has 0 radical (unpaired) electrons. The highest BCUT2D eigenvalue weighted by atomic mass is 16.7. The van der Waals surface area contributed by atoms with Crippen molar-refractivity contribution in [2.45, 2.75) is 18.6 Å². The van der Waals surface area contributed by atoms with Crippen LogP contribution >= 0.6 is 0 Å². The Bertz CT molecular complexity index is 932. The molecule has 3 aromatic rings. The highest BCUT2D eigenvalue weighted by molar-refractivity contribution is 5.83. The standard InChI is InChI=1S/C23H20O4/c1-16-8-10-17(11-9-16)23(18-12-14-19(25-2)15-13-18)21(27-23)22(24)26-20-6-4-3-5-7-20/h3-15,21H,1-2H3. The van der Waals surface area contributed by atoms with E-state index in [1.165, 1.54) is 0 Å². The van der Waals surface area contributed by atoms with Crippen LogP contribution in [0.4, 0.5) is 0 Å². The van der Waals surface area contributed by atoms with Gasteiger partial charge in [-0.15, -0.1) is 0 Å². The Balaban J connectivity index is 1.68. The van der Waals surface area contributed by atoms with Crippen LogP contribution in [0.3, 0.4) is 0 Å². The number of rotatable bonds is 5. The fourth-order valence-electron chi connectivity index (χ4n) is 3.27. The van der Waals surface area contributed by atoms with Gasteiger partial charge in [-0.05, 0) is 42.3 Å². The molecule has 2 atom stereocenters. The van der Waals surface area contributed by atoms with E-state index in [1.54, 1.807) is 19.2 Å². The second kappa shape index (κ2) is 6.89. The minimum atomic E-state index is -0.841. The third-order valence-corrected chi connectivity index (χ3v) is 4.79. The van der Waals surface area contributed by atoms with Crippen LogP contribution < -0.4 is 9.47 Å². The van der Waals surface area contributed by atoms with E-state index >= 15 is 0 Å². The van der Waals surface area contributed by atoms with Crippen molar-refractivity contribution in [3.05, 3.63) is 95.6 Å². The zero-order valence-corrected chi connectivity index (χ0v) is 15.2.